The van der Waals surface area contributed by atoms with Gasteiger partial charge in [0.1, 0.15) is 6.04 Å². The lowest BCUT2D eigenvalue weighted by molar-refractivity contribution is -0.0106. The van der Waals surface area contributed by atoms with E-state index in [1.54, 1.807) is 11.8 Å². The second kappa shape index (κ2) is 5.77. The van der Waals surface area contributed by atoms with Gasteiger partial charge in [-0.15, -0.1) is 10.2 Å². The fourth-order valence-corrected chi connectivity index (χ4v) is 3.37. The summed E-state index contributed by atoms with van der Waals surface area (Å²) >= 11 is 0. The Morgan fingerprint density at radius 3 is 2.96 bits per heavy atom. The molecule has 1 aromatic carbocycles. The highest BCUT2D eigenvalue weighted by atomic mass is 16.5. The van der Waals surface area contributed by atoms with Crippen molar-refractivity contribution in [2.24, 2.45) is 0 Å². The number of carbonyl (C=O) groups is 1. The third-order valence-electron chi connectivity index (χ3n) is 4.56. The average molecular weight is 313 g/mol. The van der Waals surface area contributed by atoms with Crippen LogP contribution in [0, 0.1) is 6.92 Å². The minimum Gasteiger partial charge on any atom is -0.423 e. The summed E-state index contributed by atoms with van der Waals surface area (Å²) in [5, 5.41) is 7.93. The van der Waals surface area contributed by atoms with Crippen LogP contribution in [0.1, 0.15) is 45.7 Å². The van der Waals surface area contributed by atoms with Crippen LogP contribution < -0.4 is 0 Å². The van der Waals surface area contributed by atoms with Gasteiger partial charge in [0.25, 0.3) is 5.91 Å². The normalized spacial score (nSPS) is 20.6. The van der Waals surface area contributed by atoms with Gasteiger partial charge < -0.3 is 14.1 Å². The minimum absolute atomic E-state index is 0.00357. The van der Waals surface area contributed by atoms with Gasteiger partial charge in [0.2, 0.25) is 11.8 Å². The van der Waals surface area contributed by atoms with Crippen molar-refractivity contribution in [2.45, 2.75) is 32.2 Å². The van der Waals surface area contributed by atoms with Crippen molar-refractivity contribution in [3.63, 3.8) is 0 Å². The predicted molar refractivity (Wildman–Crippen MR) is 82.1 cm³/mol. The molecule has 0 bridgehead atoms. The third kappa shape index (κ3) is 2.63. The Hall–Kier alpha value is -2.21. The topological polar surface area (TPSA) is 68.5 Å². The Labute approximate surface area is 134 Å². The number of morpholine rings is 1. The highest BCUT2D eigenvalue weighted by Gasteiger charge is 2.33. The van der Waals surface area contributed by atoms with Gasteiger partial charge in [0.15, 0.2) is 0 Å². The molecule has 1 atom stereocenters. The number of ether oxygens (including phenoxy) is 1. The maximum absolute atomic E-state index is 13.0. The second-order valence-corrected chi connectivity index (χ2v) is 6.09. The summed E-state index contributed by atoms with van der Waals surface area (Å²) in [6.07, 6.45) is 3.35. The fourth-order valence-electron chi connectivity index (χ4n) is 3.37. The van der Waals surface area contributed by atoms with Crippen molar-refractivity contribution in [1.29, 1.82) is 0 Å². The van der Waals surface area contributed by atoms with Crippen LogP contribution in [-0.4, -0.2) is 40.8 Å². The van der Waals surface area contributed by atoms with Gasteiger partial charge in [-0.3, -0.25) is 4.79 Å². The van der Waals surface area contributed by atoms with Crippen LogP contribution in [0.25, 0.3) is 0 Å². The molecule has 1 aliphatic heterocycles. The van der Waals surface area contributed by atoms with E-state index in [0.717, 1.165) is 18.4 Å². The molecule has 6 heteroatoms. The van der Waals surface area contributed by atoms with Gasteiger partial charge in [-0.1, -0.05) is 6.07 Å². The number of carbonyl (C=O) groups excluding carboxylic acids is 1. The molecule has 23 heavy (non-hydrogen) atoms. The molecular weight excluding hydrogens is 294 g/mol. The van der Waals surface area contributed by atoms with E-state index >= 15 is 0 Å². The molecule has 2 aliphatic rings. The molecule has 1 fully saturated rings. The van der Waals surface area contributed by atoms with E-state index in [0.29, 0.717) is 31.5 Å². The van der Waals surface area contributed by atoms with E-state index in [1.807, 2.05) is 12.1 Å². The monoisotopic (exact) mass is 313 g/mol. The predicted octanol–water partition coefficient (Wildman–Crippen LogP) is 2.08. The highest BCUT2D eigenvalue weighted by Crippen LogP contribution is 2.27. The third-order valence-corrected chi connectivity index (χ3v) is 4.56. The molecule has 1 saturated heterocycles. The van der Waals surface area contributed by atoms with Crippen molar-refractivity contribution in [3.05, 3.63) is 46.7 Å². The van der Waals surface area contributed by atoms with Crippen molar-refractivity contribution in [2.75, 3.05) is 19.8 Å². The molecule has 0 spiro atoms. The number of amides is 1. The summed E-state index contributed by atoms with van der Waals surface area (Å²) in [4.78, 5) is 14.8. The van der Waals surface area contributed by atoms with Gasteiger partial charge >= 0.3 is 0 Å². The summed E-state index contributed by atoms with van der Waals surface area (Å²) in [6.45, 7) is 3.19. The van der Waals surface area contributed by atoms with Crippen LogP contribution in [-0.2, 0) is 17.6 Å². The van der Waals surface area contributed by atoms with E-state index in [2.05, 4.69) is 16.3 Å². The number of hydrogen-bond acceptors (Lipinski definition) is 5. The molecule has 1 amide bonds. The molecule has 6 nitrogen and oxygen atoms in total. The first-order valence-electron chi connectivity index (χ1n) is 8.03. The molecule has 120 valence electrons. The maximum atomic E-state index is 13.0. The Bertz CT molecular complexity index is 740. The van der Waals surface area contributed by atoms with Crippen molar-refractivity contribution in [3.8, 4) is 0 Å². The maximum Gasteiger partial charge on any atom is 0.254 e. The highest BCUT2D eigenvalue weighted by molar-refractivity contribution is 5.94. The van der Waals surface area contributed by atoms with Crippen molar-refractivity contribution >= 4 is 5.91 Å². The number of hydrogen-bond donors (Lipinski definition) is 0. The van der Waals surface area contributed by atoms with Gasteiger partial charge in [-0.25, -0.2) is 0 Å². The zero-order chi connectivity index (χ0) is 15.8. The summed E-state index contributed by atoms with van der Waals surface area (Å²) in [7, 11) is 0. The quantitative estimate of drug-likeness (QED) is 0.849. The Balaban J connectivity index is 1.62. The molecule has 1 aromatic heterocycles. The summed E-state index contributed by atoms with van der Waals surface area (Å²) in [5.41, 5.74) is 3.40. The first-order valence-corrected chi connectivity index (χ1v) is 8.03. The van der Waals surface area contributed by atoms with Gasteiger partial charge in [-0.2, -0.15) is 0 Å². The zero-order valence-corrected chi connectivity index (χ0v) is 13.1. The average Bonchev–Trinajstić information content (AvgIpc) is 3.22. The molecule has 0 saturated carbocycles. The fraction of sp³-hybridized carbons (Fsp3) is 0.471. The van der Waals surface area contributed by atoms with Crippen LogP contribution >= 0.6 is 0 Å². The summed E-state index contributed by atoms with van der Waals surface area (Å²) in [6, 6.07) is 5.74. The molecule has 1 aliphatic carbocycles. The number of aryl methyl sites for hydroxylation is 3. The molecule has 0 unspecified atom stereocenters. The van der Waals surface area contributed by atoms with Crippen LogP contribution in [0.3, 0.4) is 0 Å². The van der Waals surface area contributed by atoms with Gasteiger partial charge in [0, 0.05) is 19.0 Å². The van der Waals surface area contributed by atoms with E-state index in [4.69, 9.17) is 9.15 Å². The lowest BCUT2D eigenvalue weighted by Crippen LogP contribution is -2.43. The first-order chi connectivity index (χ1) is 11.2. The number of fused-ring (bicyclic) bond motifs is 1. The van der Waals surface area contributed by atoms with Crippen molar-refractivity contribution < 1.29 is 13.9 Å². The zero-order valence-electron chi connectivity index (χ0n) is 13.1. The lowest BCUT2D eigenvalue weighted by atomic mass is 10.0. The molecule has 4 rings (SSSR count). The molecule has 0 radical (unpaired) electrons. The van der Waals surface area contributed by atoms with E-state index in [-0.39, 0.29) is 11.9 Å². The van der Waals surface area contributed by atoms with E-state index < -0.39 is 0 Å². The van der Waals surface area contributed by atoms with Gasteiger partial charge in [0.05, 0.1) is 13.2 Å². The Morgan fingerprint density at radius 1 is 1.26 bits per heavy atom. The standard InChI is InChI=1S/C17H19N3O3/c1-11-18-19-16(23-11)15-10-22-8-7-20(15)17(21)14-6-5-12-3-2-4-13(12)9-14/h5-6,9,15H,2-4,7-8,10H2,1H3/t15-/m1/s1. The summed E-state index contributed by atoms with van der Waals surface area (Å²) < 4.78 is 11.0. The molecule has 0 N–H and O–H groups in total. The molecule has 2 heterocycles. The number of nitrogens with zero attached hydrogens (tertiary/aromatic N) is 3. The lowest BCUT2D eigenvalue weighted by Gasteiger charge is -2.33. The SMILES string of the molecule is Cc1nnc([C@H]2COCCN2C(=O)c2ccc3c(c2)CCC3)o1. The minimum atomic E-state index is -0.314. The van der Waals surface area contributed by atoms with Crippen LogP contribution in [0.4, 0.5) is 0 Å². The van der Waals surface area contributed by atoms with Gasteiger partial charge in [-0.05, 0) is 42.5 Å². The second-order valence-electron chi connectivity index (χ2n) is 6.09. The van der Waals surface area contributed by atoms with E-state index in [1.165, 1.54) is 17.5 Å². The van der Waals surface area contributed by atoms with Crippen LogP contribution in [0.2, 0.25) is 0 Å². The van der Waals surface area contributed by atoms with Crippen molar-refractivity contribution in [1.82, 2.24) is 15.1 Å². The Kier molecular flexibility index (Phi) is 3.61. The summed E-state index contributed by atoms with van der Waals surface area (Å²) in [5.74, 6) is 0.941. The molecule has 2 aromatic rings. The largest absolute Gasteiger partial charge is 0.423 e. The smallest absolute Gasteiger partial charge is 0.254 e. The Morgan fingerprint density at radius 2 is 2.13 bits per heavy atom. The van der Waals surface area contributed by atoms with E-state index in [9.17, 15) is 4.79 Å². The first kappa shape index (κ1) is 14.4. The molecular formula is C17H19N3O3. The number of rotatable bonds is 2. The van der Waals surface area contributed by atoms with Crippen LogP contribution in [0.15, 0.2) is 22.6 Å². The van der Waals surface area contributed by atoms with Crippen LogP contribution in [0.5, 0.6) is 0 Å². The number of benzene rings is 1. The number of aromatic nitrogens is 2.